The minimum Gasteiger partial charge on any atom is -0.317 e. The van der Waals surface area contributed by atoms with E-state index < -0.39 is 12.7 Å². The highest BCUT2D eigenvalue weighted by atomic mass is 19.4. The van der Waals surface area contributed by atoms with Gasteiger partial charge in [0.15, 0.2) is 0 Å². The Morgan fingerprint density at radius 2 is 1.72 bits per heavy atom. The smallest absolute Gasteiger partial charge is 0.317 e. The van der Waals surface area contributed by atoms with Gasteiger partial charge in [-0.05, 0) is 51.2 Å². The van der Waals surface area contributed by atoms with E-state index in [4.69, 9.17) is 0 Å². The molecule has 0 saturated carbocycles. The Labute approximate surface area is 107 Å². The van der Waals surface area contributed by atoms with Crippen LogP contribution in [0.5, 0.6) is 0 Å². The molecule has 1 N–H and O–H groups in total. The minimum absolute atomic E-state index is 0.149. The van der Waals surface area contributed by atoms with Gasteiger partial charge in [0.05, 0.1) is 6.54 Å². The Kier molecular flexibility index (Phi) is 4.90. The molecule has 0 bridgehead atoms. The van der Waals surface area contributed by atoms with Crippen molar-refractivity contribution in [1.29, 1.82) is 0 Å². The van der Waals surface area contributed by atoms with E-state index in [-0.39, 0.29) is 6.04 Å². The molecule has 2 heterocycles. The SMILES string of the molecule is FC(F)(F)CN1CCCCCC1C1CCNCC1. The van der Waals surface area contributed by atoms with Crippen LogP contribution in [0.3, 0.4) is 0 Å². The van der Waals surface area contributed by atoms with Gasteiger partial charge in [0.2, 0.25) is 0 Å². The molecule has 18 heavy (non-hydrogen) atoms. The number of piperidine rings is 1. The van der Waals surface area contributed by atoms with Crippen LogP contribution < -0.4 is 5.32 Å². The summed E-state index contributed by atoms with van der Waals surface area (Å²) in [5.74, 6) is 0.451. The van der Waals surface area contributed by atoms with Gasteiger partial charge in [0, 0.05) is 6.04 Å². The number of nitrogens with one attached hydrogen (secondary N) is 1. The summed E-state index contributed by atoms with van der Waals surface area (Å²) in [5.41, 5.74) is 0. The fourth-order valence-corrected chi connectivity index (χ4v) is 3.38. The Balaban J connectivity index is 2.01. The van der Waals surface area contributed by atoms with E-state index in [1.54, 1.807) is 4.90 Å². The summed E-state index contributed by atoms with van der Waals surface area (Å²) in [5, 5.41) is 3.29. The zero-order chi connectivity index (χ0) is 13.0. The van der Waals surface area contributed by atoms with Crippen LogP contribution in [0.2, 0.25) is 0 Å². The first-order valence-corrected chi connectivity index (χ1v) is 7.08. The largest absolute Gasteiger partial charge is 0.401 e. The second-order valence-corrected chi connectivity index (χ2v) is 5.59. The maximum absolute atomic E-state index is 12.7. The van der Waals surface area contributed by atoms with Crippen molar-refractivity contribution in [2.24, 2.45) is 5.92 Å². The van der Waals surface area contributed by atoms with Crippen LogP contribution in [0.4, 0.5) is 13.2 Å². The van der Waals surface area contributed by atoms with Gasteiger partial charge < -0.3 is 5.32 Å². The van der Waals surface area contributed by atoms with Crippen molar-refractivity contribution in [3.63, 3.8) is 0 Å². The third kappa shape index (κ3) is 4.12. The first-order chi connectivity index (χ1) is 8.56. The van der Waals surface area contributed by atoms with Crippen LogP contribution in [0, 0.1) is 5.92 Å². The molecule has 0 radical (unpaired) electrons. The summed E-state index contributed by atoms with van der Waals surface area (Å²) in [6.45, 7) is 1.82. The number of nitrogens with zero attached hydrogens (tertiary/aromatic N) is 1. The molecule has 2 fully saturated rings. The molecule has 1 atom stereocenters. The Morgan fingerprint density at radius 3 is 2.39 bits per heavy atom. The summed E-state index contributed by atoms with van der Waals surface area (Å²) >= 11 is 0. The van der Waals surface area contributed by atoms with E-state index in [2.05, 4.69) is 5.32 Å². The molecule has 2 nitrogen and oxygen atoms in total. The molecule has 2 saturated heterocycles. The predicted octanol–water partition coefficient (Wildman–Crippen LogP) is 2.79. The Hall–Kier alpha value is -0.290. The van der Waals surface area contributed by atoms with Crippen molar-refractivity contribution in [1.82, 2.24) is 10.2 Å². The standard InChI is InChI=1S/C13H23F3N2/c14-13(15,16)10-18-9-3-1-2-4-12(18)11-5-7-17-8-6-11/h11-12,17H,1-10H2. The molecule has 0 spiro atoms. The third-order valence-electron chi connectivity index (χ3n) is 4.22. The summed E-state index contributed by atoms with van der Waals surface area (Å²) in [4.78, 5) is 1.71. The van der Waals surface area contributed by atoms with Crippen LogP contribution in [0.1, 0.15) is 38.5 Å². The van der Waals surface area contributed by atoms with Crippen molar-refractivity contribution in [2.75, 3.05) is 26.2 Å². The molecule has 2 rings (SSSR count). The number of hydrogen-bond donors (Lipinski definition) is 1. The molecule has 1 unspecified atom stereocenters. The van der Waals surface area contributed by atoms with Gasteiger partial charge in [0.1, 0.15) is 0 Å². The van der Waals surface area contributed by atoms with Gasteiger partial charge in [-0.15, -0.1) is 0 Å². The summed E-state index contributed by atoms with van der Waals surface area (Å²) in [7, 11) is 0. The highest BCUT2D eigenvalue weighted by molar-refractivity contribution is 4.85. The number of alkyl halides is 3. The van der Waals surface area contributed by atoms with Crippen LogP contribution in [0.15, 0.2) is 0 Å². The van der Waals surface area contributed by atoms with Gasteiger partial charge in [-0.2, -0.15) is 13.2 Å². The summed E-state index contributed by atoms with van der Waals surface area (Å²) in [6.07, 6.45) is 2.02. The highest BCUT2D eigenvalue weighted by Gasteiger charge is 2.37. The first kappa shape index (κ1) is 14.1. The maximum atomic E-state index is 12.7. The molecule has 0 aromatic rings. The van der Waals surface area contributed by atoms with Crippen molar-refractivity contribution in [2.45, 2.75) is 50.7 Å². The summed E-state index contributed by atoms with van der Waals surface area (Å²) < 4.78 is 38.0. The fraction of sp³-hybridized carbons (Fsp3) is 1.00. The molecular weight excluding hydrogens is 241 g/mol. The monoisotopic (exact) mass is 264 g/mol. The highest BCUT2D eigenvalue weighted by Crippen LogP contribution is 2.30. The molecule has 0 aromatic heterocycles. The van der Waals surface area contributed by atoms with E-state index >= 15 is 0 Å². The number of halogens is 3. The topological polar surface area (TPSA) is 15.3 Å². The number of hydrogen-bond acceptors (Lipinski definition) is 2. The molecule has 0 aromatic carbocycles. The lowest BCUT2D eigenvalue weighted by Gasteiger charge is -2.38. The Bertz CT molecular complexity index is 249. The molecule has 106 valence electrons. The number of likely N-dealkylation sites (tertiary alicyclic amines) is 1. The quantitative estimate of drug-likeness (QED) is 0.825. The second-order valence-electron chi connectivity index (χ2n) is 5.59. The minimum atomic E-state index is -4.06. The van der Waals surface area contributed by atoms with Gasteiger partial charge >= 0.3 is 6.18 Å². The zero-order valence-electron chi connectivity index (χ0n) is 10.8. The van der Waals surface area contributed by atoms with Gasteiger partial charge in [-0.3, -0.25) is 4.90 Å². The summed E-state index contributed by atoms with van der Waals surface area (Å²) in [6, 6.07) is 0.149. The third-order valence-corrected chi connectivity index (χ3v) is 4.22. The molecular formula is C13H23F3N2. The average Bonchev–Trinajstić information content (AvgIpc) is 2.53. The molecule has 5 heteroatoms. The zero-order valence-corrected chi connectivity index (χ0v) is 10.8. The normalized spacial score (nSPS) is 29.2. The fourth-order valence-electron chi connectivity index (χ4n) is 3.38. The van der Waals surface area contributed by atoms with Gasteiger partial charge in [0.25, 0.3) is 0 Å². The lowest BCUT2D eigenvalue weighted by atomic mass is 9.87. The van der Waals surface area contributed by atoms with E-state index in [0.29, 0.717) is 12.5 Å². The predicted molar refractivity (Wildman–Crippen MR) is 65.5 cm³/mol. The van der Waals surface area contributed by atoms with Crippen LogP contribution in [0.25, 0.3) is 0 Å². The lowest BCUT2D eigenvalue weighted by Crippen LogP contribution is -2.47. The second kappa shape index (κ2) is 6.24. The Morgan fingerprint density at radius 1 is 1.00 bits per heavy atom. The van der Waals surface area contributed by atoms with E-state index in [1.807, 2.05) is 0 Å². The van der Waals surface area contributed by atoms with Crippen molar-refractivity contribution in [3.8, 4) is 0 Å². The molecule has 0 amide bonds. The van der Waals surface area contributed by atoms with Gasteiger partial charge in [-0.25, -0.2) is 0 Å². The van der Waals surface area contributed by atoms with Crippen molar-refractivity contribution in [3.05, 3.63) is 0 Å². The molecule has 2 aliphatic rings. The van der Waals surface area contributed by atoms with Gasteiger partial charge in [-0.1, -0.05) is 12.8 Å². The van der Waals surface area contributed by atoms with Crippen LogP contribution >= 0.6 is 0 Å². The van der Waals surface area contributed by atoms with Crippen LogP contribution in [-0.4, -0.2) is 43.3 Å². The van der Waals surface area contributed by atoms with Crippen LogP contribution in [-0.2, 0) is 0 Å². The lowest BCUT2D eigenvalue weighted by molar-refractivity contribution is -0.153. The first-order valence-electron chi connectivity index (χ1n) is 7.08. The average molecular weight is 264 g/mol. The van der Waals surface area contributed by atoms with E-state index in [0.717, 1.165) is 51.6 Å². The number of rotatable bonds is 2. The maximum Gasteiger partial charge on any atom is 0.401 e. The molecule has 0 aliphatic carbocycles. The molecule has 2 aliphatic heterocycles. The van der Waals surface area contributed by atoms with Crippen molar-refractivity contribution >= 4 is 0 Å². The van der Waals surface area contributed by atoms with E-state index in [9.17, 15) is 13.2 Å². The van der Waals surface area contributed by atoms with Crippen molar-refractivity contribution < 1.29 is 13.2 Å². The van der Waals surface area contributed by atoms with E-state index in [1.165, 1.54) is 0 Å².